The number of fused-ring (bicyclic) bond motifs is 1. The predicted octanol–water partition coefficient (Wildman–Crippen LogP) is 3.19. The lowest BCUT2D eigenvalue weighted by Gasteiger charge is -2.11. The number of benzene rings is 2. The maximum absolute atomic E-state index is 6.21. The summed E-state index contributed by atoms with van der Waals surface area (Å²) in [6.07, 6.45) is 3.12. The molecule has 6 heteroatoms. The molecule has 0 fully saturated rings. The van der Waals surface area contributed by atoms with Gasteiger partial charge in [0.25, 0.3) is 0 Å². The Balaban J connectivity index is 1.80. The third-order valence-electron chi connectivity index (χ3n) is 3.47. The van der Waals surface area contributed by atoms with Crippen LogP contribution in [0.1, 0.15) is 0 Å². The van der Waals surface area contributed by atoms with E-state index in [-0.39, 0.29) is 0 Å². The Morgan fingerprint density at radius 1 is 0.870 bits per heavy atom. The highest BCUT2D eigenvalue weighted by atomic mass is 16.5. The van der Waals surface area contributed by atoms with Gasteiger partial charge < -0.3 is 10.5 Å². The van der Waals surface area contributed by atoms with Gasteiger partial charge in [0.15, 0.2) is 5.82 Å². The molecule has 0 spiro atoms. The lowest BCUT2D eigenvalue weighted by molar-refractivity contribution is 0.464. The molecule has 2 aromatic heterocycles. The zero-order chi connectivity index (χ0) is 15.6. The molecule has 2 N–H and O–H groups in total. The molecule has 23 heavy (non-hydrogen) atoms. The Morgan fingerprint density at radius 3 is 2.52 bits per heavy atom. The number of nitrogen functional groups attached to an aromatic ring is 1. The van der Waals surface area contributed by atoms with Crippen molar-refractivity contribution in [3.8, 4) is 17.4 Å². The van der Waals surface area contributed by atoms with Gasteiger partial charge in [-0.05, 0) is 24.3 Å². The third-order valence-corrected chi connectivity index (χ3v) is 3.47. The molecular weight excluding hydrogens is 290 g/mol. The lowest BCUT2D eigenvalue weighted by Crippen LogP contribution is -2.05. The van der Waals surface area contributed by atoms with E-state index in [9.17, 15) is 0 Å². The van der Waals surface area contributed by atoms with Crippen LogP contribution in [-0.4, -0.2) is 19.5 Å². The fourth-order valence-corrected chi connectivity index (χ4v) is 2.37. The molecule has 0 aliphatic carbocycles. The molecule has 2 aromatic carbocycles. The summed E-state index contributed by atoms with van der Waals surface area (Å²) in [4.78, 5) is 12.8. The van der Waals surface area contributed by atoms with Crippen molar-refractivity contribution in [3.05, 3.63) is 67.3 Å². The first-order valence-electron chi connectivity index (χ1n) is 7.09. The third kappa shape index (κ3) is 2.36. The van der Waals surface area contributed by atoms with E-state index < -0.39 is 0 Å². The summed E-state index contributed by atoms with van der Waals surface area (Å²) in [5, 5.41) is 0. The summed E-state index contributed by atoms with van der Waals surface area (Å²) in [6.45, 7) is 0. The standard InChI is InChI=1S/C17H13N5O/c18-15-16(22-11-21-13-8-4-5-9-14(13)22)19-10-20-17(15)23-12-6-2-1-3-7-12/h1-11H,18H2. The summed E-state index contributed by atoms with van der Waals surface area (Å²) >= 11 is 0. The van der Waals surface area contributed by atoms with Crippen molar-refractivity contribution in [1.29, 1.82) is 0 Å². The van der Waals surface area contributed by atoms with Crippen LogP contribution < -0.4 is 10.5 Å². The van der Waals surface area contributed by atoms with E-state index in [1.54, 1.807) is 6.33 Å². The lowest BCUT2D eigenvalue weighted by atomic mass is 10.3. The van der Waals surface area contributed by atoms with Crippen molar-refractivity contribution >= 4 is 16.7 Å². The SMILES string of the molecule is Nc1c(Oc2ccccc2)ncnc1-n1cnc2ccccc21. The van der Waals surface area contributed by atoms with Gasteiger partial charge in [0.2, 0.25) is 5.88 Å². The molecular formula is C17H13N5O. The molecule has 0 atom stereocenters. The minimum atomic E-state index is 0.319. The molecule has 0 bridgehead atoms. The smallest absolute Gasteiger partial charge is 0.248 e. The van der Waals surface area contributed by atoms with Gasteiger partial charge in [-0.15, -0.1) is 0 Å². The molecule has 4 aromatic rings. The number of para-hydroxylation sites is 3. The number of anilines is 1. The Morgan fingerprint density at radius 2 is 1.65 bits per heavy atom. The summed E-state index contributed by atoms with van der Waals surface area (Å²) in [6, 6.07) is 17.1. The molecule has 0 radical (unpaired) electrons. The molecule has 0 saturated carbocycles. The number of ether oxygens (including phenoxy) is 1. The van der Waals surface area contributed by atoms with Crippen LogP contribution in [-0.2, 0) is 0 Å². The number of aromatic nitrogens is 4. The molecule has 0 saturated heterocycles. The number of hydrogen-bond acceptors (Lipinski definition) is 5. The maximum atomic E-state index is 6.21. The van der Waals surface area contributed by atoms with Crippen LogP contribution >= 0.6 is 0 Å². The van der Waals surface area contributed by atoms with Crippen LogP contribution in [0.5, 0.6) is 11.6 Å². The summed E-state index contributed by atoms with van der Waals surface area (Å²) in [7, 11) is 0. The van der Waals surface area contributed by atoms with Crippen LogP contribution in [0.2, 0.25) is 0 Å². The van der Waals surface area contributed by atoms with Crippen LogP contribution in [0.3, 0.4) is 0 Å². The van der Waals surface area contributed by atoms with Crippen LogP contribution in [0.25, 0.3) is 16.9 Å². The Bertz CT molecular complexity index is 965. The topological polar surface area (TPSA) is 78.9 Å². The molecule has 0 aliphatic rings. The second kappa shape index (κ2) is 5.42. The number of nitrogens with two attached hydrogens (primary N) is 1. The first-order chi connectivity index (χ1) is 11.3. The molecule has 2 heterocycles. The molecule has 112 valence electrons. The highest BCUT2D eigenvalue weighted by molar-refractivity contribution is 5.78. The zero-order valence-corrected chi connectivity index (χ0v) is 12.1. The van der Waals surface area contributed by atoms with E-state index in [1.165, 1.54) is 6.33 Å². The number of rotatable bonds is 3. The van der Waals surface area contributed by atoms with E-state index in [1.807, 2.05) is 59.2 Å². The number of hydrogen-bond donors (Lipinski definition) is 1. The van der Waals surface area contributed by atoms with Crippen molar-refractivity contribution in [3.63, 3.8) is 0 Å². The van der Waals surface area contributed by atoms with Gasteiger partial charge in [0.05, 0.1) is 11.0 Å². The monoisotopic (exact) mass is 303 g/mol. The van der Waals surface area contributed by atoms with E-state index >= 15 is 0 Å². The van der Waals surface area contributed by atoms with Crippen molar-refractivity contribution in [2.24, 2.45) is 0 Å². The highest BCUT2D eigenvalue weighted by Crippen LogP contribution is 2.29. The largest absolute Gasteiger partial charge is 0.437 e. The van der Waals surface area contributed by atoms with Gasteiger partial charge in [-0.1, -0.05) is 30.3 Å². The first-order valence-corrected chi connectivity index (χ1v) is 7.09. The van der Waals surface area contributed by atoms with Gasteiger partial charge in [0.1, 0.15) is 24.1 Å². The number of nitrogens with zero attached hydrogens (tertiary/aromatic N) is 4. The van der Waals surface area contributed by atoms with E-state index in [0.29, 0.717) is 23.1 Å². The van der Waals surface area contributed by atoms with Gasteiger partial charge in [-0.3, -0.25) is 4.57 Å². The molecule has 0 amide bonds. The number of imidazole rings is 1. The molecule has 0 aliphatic heterocycles. The van der Waals surface area contributed by atoms with Crippen LogP contribution in [0.4, 0.5) is 5.69 Å². The van der Waals surface area contributed by atoms with E-state index in [0.717, 1.165) is 11.0 Å². The summed E-state index contributed by atoms with van der Waals surface area (Å²) < 4.78 is 7.57. The fraction of sp³-hybridized carbons (Fsp3) is 0. The maximum Gasteiger partial charge on any atom is 0.248 e. The van der Waals surface area contributed by atoms with Gasteiger partial charge in [0, 0.05) is 0 Å². The fourth-order valence-electron chi connectivity index (χ4n) is 2.37. The minimum absolute atomic E-state index is 0.319. The predicted molar refractivity (Wildman–Crippen MR) is 87.6 cm³/mol. The van der Waals surface area contributed by atoms with Crippen molar-refractivity contribution in [1.82, 2.24) is 19.5 Å². The molecule has 6 nitrogen and oxygen atoms in total. The van der Waals surface area contributed by atoms with Gasteiger partial charge in [-0.2, -0.15) is 4.98 Å². The summed E-state index contributed by atoms with van der Waals surface area (Å²) in [5.41, 5.74) is 8.37. The summed E-state index contributed by atoms with van der Waals surface area (Å²) in [5.74, 6) is 1.53. The van der Waals surface area contributed by atoms with Crippen LogP contribution in [0.15, 0.2) is 67.3 Å². The Hall–Kier alpha value is -3.41. The first kappa shape index (κ1) is 13.3. The van der Waals surface area contributed by atoms with Crippen molar-refractivity contribution in [2.75, 3.05) is 5.73 Å². The Kier molecular flexibility index (Phi) is 3.12. The zero-order valence-electron chi connectivity index (χ0n) is 12.1. The second-order valence-corrected chi connectivity index (χ2v) is 4.93. The quantitative estimate of drug-likeness (QED) is 0.629. The van der Waals surface area contributed by atoms with Crippen LogP contribution in [0, 0.1) is 0 Å². The minimum Gasteiger partial charge on any atom is -0.437 e. The van der Waals surface area contributed by atoms with Crippen molar-refractivity contribution in [2.45, 2.75) is 0 Å². The van der Waals surface area contributed by atoms with E-state index in [2.05, 4.69) is 15.0 Å². The van der Waals surface area contributed by atoms with Gasteiger partial charge >= 0.3 is 0 Å². The van der Waals surface area contributed by atoms with Crippen molar-refractivity contribution < 1.29 is 4.74 Å². The highest BCUT2D eigenvalue weighted by Gasteiger charge is 2.14. The Labute approximate surface area is 132 Å². The average molecular weight is 303 g/mol. The molecule has 0 unspecified atom stereocenters. The van der Waals surface area contributed by atoms with E-state index in [4.69, 9.17) is 10.5 Å². The molecule has 4 rings (SSSR count). The average Bonchev–Trinajstić information content (AvgIpc) is 3.02. The second-order valence-electron chi connectivity index (χ2n) is 4.93. The van der Waals surface area contributed by atoms with Gasteiger partial charge in [-0.25, -0.2) is 9.97 Å². The normalized spacial score (nSPS) is 10.8.